The van der Waals surface area contributed by atoms with Crippen LogP contribution < -0.4 is 15.4 Å². The van der Waals surface area contributed by atoms with Gasteiger partial charge in [-0.3, -0.25) is 9.36 Å². The Labute approximate surface area is 178 Å². The highest BCUT2D eigenvalue weighted by Crippen LogP contribution is 2.30. The molecule has 0 bridgehead atoms. The maximum atomic E-state index is 12.7. The minimum atomic E-state index is -2.59. The van der Waals surface area contributed by atoms with Gasteiger partial charge in [-0.1, -0.05) is 0 Å². The van der Waals surface area contributed by atoms with Crippen molar-refractivity contribution in [3.8, 4) is 0 Å². The van der Waals surface area contributed by atoms with Crippen molar-refractivity contribution in [2.24, 2.45) is 0 Å². The van der Waals surface area contributed by atoms with Crippen LogP contribution in [0.4, 0.5) is 20.3 Å². The smallest absolute Gasteiger partial charge is 0.261 e. The van der Waals surface area contributed by atoms with Crippen molar-refractivity contribution in [1.29, 1.82) is 0 Å². The molecular weight excluding hydrogens is 402 g/mol. The number of anilines is 2. The predicted molar refractivity (Wildman–Crippen MR) is 115 cm³/mol. The van der Waals surface area contributed by atoms with Crippen molar-refractivity contribution < 1.29 is 8.78 Å². The van der Waals surface area contributed by atoms with E-state index in [9.17, 15) is 13.6 Å². The highest BCUT2D eigenvalue weighted by molar-refractivity contribution is 5.81. The van der Waals surface area contributed by atoms with Crippen LogP contribution in [-0.4, -0.2) is 52.1 Å². The Hall–Kier alpha value is -3.10. The number of rotatable bonds is 4. The van der Waals surface area contributed by atoms with Crippen LogP contribution in [0.25, 0.3) is 10.9 Å². The number of alkyl halides is 2. The largest absolute Gasteiger partial charge is 0.368 e. The fourth-order valence-corrected chi connectivity index (χ4v) is 4.59. The number of halogens is 2. The zero-order chi connectivity index (χ0) is 21.5. The van der Waals surface area contributed by atoms with Crippen molar-refractivity contribution in [2.45, 2.75) is 39.2 Å². The second kappa shape index (κ2) is 7.86. The summed E-state index contributed by atoms with van der Waals surface area (Å²) in [5.74, 6) is 1.91. The number of aromatic nitrogens is 4. The van der Waals surface area contributed by atoms with Gasteiger partial charge in [0.1, 0.15) is 11.6 Å². The average Bonchev–Trinajstić information content (AvgIpc) is 3.23. The number of aryl methyl sites for hydroxylation is 2. The van der Waals surface area contributed by atoms with E-state index in [0.29, 0.717) is 10.9 Å². The van der Waals surface area contributed by atoms with E-state index in [1.807, 2.05) is 19.1 Å². The Morgan fingerprint density at radius 3 is 2.61 bits per heavy atom. The predicted octanol–water partition coefficient (Wildman–Crippen LogP) is 2.58. The van der Waals surface area contributed by atoms with E-state index in [1.165, 1.54) is 17.6 Å². The van der Waals surface area contributed by atoms with Crippen LogP contribution in [0.2, 0.25) is 0 Å². The van der Waals surface area contributed by atoms with E-state index < -0.39 is 18.5 Å². The van der Waals surface area contributed by atoms with Gasteiger partial charge in [0.15, 0.2) is 0 Å². The van der Waals surface area contributed by atoms with Gasteiger partial charge in [-0.05, 0) is 44.4 Å². The third-order valence-electron chi connectivity index (χ3n) is 6.11. The molecule has 3 heterocycles. The second-order valence-electron chi connectivity index (χ2n) is 8.14. The quantitative estimate of drug-likeness (QED) is 0.639. The number of benzene rings is 1. The molecule has 1 fully saturated rings. The minimum absolute atomic E-state index is 0.359. The lowest BCUT2D eigenvalue weighted by atomic mass is 10.1. The molecule has 31 heavy (non-hydrogen) atoms. The van der Waals surface area contributed by atoms with Gasteiger partial charge in [-0.2, -0.15) is 0 Å². The molecule has 0 atom stereocenters. The summed E-state index contributed by atoms with van der Waals surface area (Å²) < 4.78 is 26.3. The third kappa shape index (κ3) is 3.73. The summed E-state index contributed by atoms with van der Waals surface area (Å²) in [6, 6.07) is 5.43. The van der Waals surface area contributed by atoms with E-state index >= 15 is 0 Å². The van der Waals surface area contributed by atoms with Gasteiger partial charge in [-0.15, -0.1) is 0 Å². The molecule has 2 aliphatic rings. The molecule has 5 rings (SSSR count). The molecule has 9 heteroatoms. The van der Waals surface area contributed by atoms with E-state index in [-0.39, 0.29) is 0 Å². The first-order valence-corrected chi connectivity index (χ1v) is 10.6. The number of piperazine rings is 1. The number of hydrogen-bond acceptors (Lipinski definition) is 6. The van der Waals surface area contributed by atoms with E-state index in [1.54, 1.807) is 6.07 Å². The normalized spacial score (nSPS) is 16.4. The summed E-state index contributed by atoms with van der Waals surface area (Å²) >= 11 is 0. The fourth-order valence-electron chi connectivity index (χ4n) is 4.59. The molecule has 2 aromatic heterocycles. The zero-order valence-electron chi connectivity index (χ0n) is 17.4. The van der Waals surface area contributed by atoms with Crippen LogP contribution in [0, 0.1) is 6.92 Å². The van der Waals surface area contributed by atoms with Crippen LogP contribution in [-0.2, 0) is 19.4 Å². The maximum absolute atomic E-state index is 12.7. The van der Waals surface area contributed by atoms with Crippen LogP contribution in [0.3, 0.4) is 0 Å². The van der Waals surface area contributed by atoms with E-state index in [0.717, 1.165) is 67.3 Å². The first-order chi connectivity index (χ1) is 15.0. The van der Waals surface area contributed by atoms with E-state index in [4.69, 9.17) is 4.98 Å². The van der Waals surface area contributed by atoms with Crippen molar-refractivity contribution in [3.05, 3.63) is 52.0 Å². The Balaban J connectivity index is 1.35. The van der Waals surface area contributed by atoms with E-state index in [2.05, 4.69) is 19.8 Å². The molecular formula is C22H24F2N6O. The molecule has 0 saturated carbocycles. The summed E-state index contributed by atoms with van der Waals surface area (Å²) in [6.07, 6.45) is 1.84. The van der Waals surface area contributed by atoms with Crippen molar-refractivity contribution in [1.82, 2.24) is 19.5 Å². The van der Waals surface area contributed by atoms with Gasteiger partial charge in [0.25, 0.3) is 12.0 Å². The molecule has 0 unspecified atom stereocenters. The monoisotopic (exact) mass is 426 g/mol. The summed E-state index contributed by atoms with van der Waals surface area (Å²) in [5, 5.41) is 0.359. The van der Waals surface area contributed by atoms with Crippen molar-refractivity contribution in [3.63, 3.8) is 0 Å². The zero-order valence-corrected chi connectivity index (χ0v) is 17.4. The summed E-state index contributed by atoms with van der Waals surface area (Å²) in [7, 11) is 0. The van der Waals surface area contributed by atoms with Crippen molar-refractivity contribution in [2.75, 3.05) is 36.0 Å². The summed E-state index contributed by atoms with van der Waals surface area (Å²) in [5.41, 5.74) is 3.57. The van der Waals surface area contributed by atoms with Crippen LogP contribution >= 0.6 is 0 Å². The number of fused-ring (bicyclic) bond motifs is 2. The Bertz CT molecular complexity index is 1190. The van der Waals surface area contributed by atoms with Gasteiger partial charge in [0.05, 0.1) is 23.8 Å². The van der Waals surface area contributed by atoms with Gasteiger partial charge >= 0.3 is 0 Å². The number of nitrogens with zero attached hydrogens (tertiary/aromatic N) is 6. The van der Waals surface area contributed by atoms with Crippen molar-refractivity contribution >= 4 is 22.4 Å². The maximum Gasteiger partial charge on any atom is 0.261 e. The minimum Gasteiger partial charge on any atom is -0.368 e. The van der Waals surface area contributed by atoms with Crippen LogP contribution in [0.5, 0.6) is 0 Å². The Kier molecular flexibility index (Phi) is 5.03. The van der Waals surface area contributed by atoms with Crippen LogP contribution in [0.1, 0.15) is 23.5 Å². The van der Waals surface area contributed by atoms with Crippen LogP contribution in [0.15, 0.2) is 29.3 Å². The summed E-state index contributed by atoms with van der Waals surface area (Å²) in [6.45, 7) is 4.67. The lowest BCUT2D eigenvalue weighted by molar-refractivity contribution is 0.125. The molecule has 0 amide bonds. The Morgan fingerprint density at radius 1 is 1.06 bits per heavy atom. The molecule has 1 aromatic carbocycles. The van der Waals surface area contributed by atoms with Gasteiger partial charge < -0.3 is 9.80 Å². The highest BCUT2D eigenvalue weighted by Gasteiger charge is 2.25. The second-order valence-corrected chi connectivity index (χ2v) is 8.14. The molecule has 1 saturated heterocycles. The molecule has 7 nitrogen and oxygen atoms in total. The first kappa shape index (κ1) is 19.8. The Morgan fingerprint density at radius 2 is 1.84 bits per heavy atom. The van der Waals surface area contributed by atoms with Gasteiger partial charge in [-0.25, -0.2) is 23.7 Å². The fraction of sp³-hybridized carbons (Fsp3) is 0.455. The summed E-state index contributed by atoms with van der Waals surface area (Å²) in [4.78, 5) is 30.6. The van der Waals surface area contributed by atoms with Gasteiger partial charge in [0.2, 0.25) is 0 Å². The molecule has 1 aliphatic carbocycles. The lowest BCUT2D eigenvalue weighted by Crippen LogP contribution is -2.47. The lowest BCUT2D eigenvalue weighted by Gasteiger charge is -2.37. The first-order valence-electron chi connectivity index (χ1n) is 10.6. The van der Waals surface area contributed by atoms with Gasteiger partial charge in [0, 0.05) is 43.1 Å². The molecule has 162 valence electrons. The molecule has 0 spiro atoms. The third-order valence-corrected chi connectivity index (χ3v) is 6.11. The standard InChI is InChI=1S/C22H24F2N6O/c1-14-26-18-4-2-3-16(18)21(27-14)29-9-7-28(8-10-29)15-5-6-17-19(11-15)25-13-30(22(17)31)12-20(23)24/h5-6,11,13,20H,2-4,7-10,12H2,1H3. The highest BCUT2D eigenvalue weighted by atomic mass is 19.3. The SMILES string of the molecule is Cc1nc2c(c(N3CCN(c4ccc5c(=O)n(CC(F)F)cnc5c4)CC3)n1)CCC2. The number of hydrogen-bond donors (Lipinski definition) is 0. The average molecular weight is 426 g/mol. The molecule has 0 N–H and O–H groups in total. The molecule has 0 radical (unpaired) electrons. The topological polar surface area (TPSA) is 67.2 Å². The molecule has 3 aromatic rings. The molecule has 1 aliphatic heterocycles.